The number of hydrogen-bond donors (Lipinski definition) is 0. The summed E-state index contributed by atoms with van der Waals surface area (Å²) in [6.45, 7) is 6.50. The first kappa shape index (κ1) is 16.2. The molecule has 1 aromatic carbocycles. The van der Waals surface area contributed by atoms with Crippen LogP contribution in [0.2, 0.25) is 0 Å². The van der Waals surface area contributed by atoms with Gasteiger partial charge in [-0.2, -0.15) is 18.2 Å². The summed E-state index contributed by atoms with van der Waals surface area (Å²) in [4.78, 5) is 0. The molecular formula is C9H13Ni. The molecule has 1 aromatic rings. The Morgan fingerprint density at radius 1 is 1.30 bits per heavy atom. The van der Waals surface area contributed by atoms with E-state index >= 15 is 0 Å². The van der Waals surface area contributed by atoms with Gasteiger partial charge in [0.2, 0.25) is 0 Å². The van der Waals surface area contributed by atoms with Gasteiger partial charge in [0.15, 0.2) is 0 Å². The average Bonchev–Trinajstić information content (AvgIpc) is 2.17. The van der Waals surface area contributed by atoms with E-state index in [1.807, 2.05) is 30.3 Å². The van der Waals surface area contributed by atoms with Crippen LogP contribution in [0, 0.1) is 14.4 Å². The first-order chi connectivity index (χ1) is 3.91. The second kappa shape index (κ2) is 15.8. The minimum atomic E-state index is 0. The van der Waals surface area contributed by atoms with Crippen LogP contribution < -0.4 is 0 Å². The van der Waals surface area contributed by atoms with E-state index in [4.69, 9.17) is 0 Å². The molecule has 0 aliphatic carbocycles. The molecule has 1 heteroatoms. The van der Waals surface area contributed by atoms with Gasteiger partial charge >= 0.3 is 16.5 Å². The van der Waals surface area contributed by atoms with Crippen LogP contribution in [0.15, 0.2) is 43.0 Å². The van der Waals surface area contributed by atoms with Crippen LogP contribution in [0.25, 0.3) is 0 Å². The zero-order chi connectivity index (χ0) is 6.24. The third kappa shape index (κ3) is 15.7. The molecule has 0 unspecified atom stereocenters. The van der Waals surface area contributed by atoms with Crippen molar-refractivity contribution in [3.05, 3.63) is 57.3 Å². The Bertz CT molecular complexity index is 91.1. The summed E-state index contributed by atoms with van der Waals surface area (Å²) in [6.07, 6.45) is 1.50. The summed E-state index contributed by atoms with van der Waals surface area (Å²) in [6, 6.07) is 10.0. The van der Waals surface area contributed by atoms with E-state index in [2.05, 4.69) is 13.5 Å². The second-order valence-corrected chi connectivity index (χ2v) is 1.25. The van der Waals surface area contributed by atoms with Gasteiger partial charge in [-0.15, -0.1) is 0 Å². The second-order valence-electron chi connectivity index (χ2n) is 1.25. The fourth-order valence-electron chi connectivity index (χ4n) is 0.321. The molecule has 1 rings (SSSR count). The summed E-state index contributed by atoms with van der Waals surface area (Å²) in [5, 5.41) is 0. The van der Waals surface area contributed by atoms with Crippen molar-refractivity contribution in [3.63, 3.8) is 0 Å². The molecule has 0 amide bonds. The Morgan fingerprint density at radius 3 is 1.70 bits per heavy atom. The maximum Gasteiger partial charge on any atom is 3.00 e. The number of rotatable bonds is 0. The van der Waals surface area contributed by atoms with E-state index in [0.717, 1.165) is 0 Å². The third-order valence-corrected chi connectivity index (χ3v) is 0.556. The molecule has 0 N–H and O–H groups in total. The summed E-state index contributed by atoms with van der Waals surface area (Å²) >= 11 is 0. The van der Waals surface area contributed by atoms with Gasteiger partial charge in [-0.05, 0) is 0 Å². The minimum absolute atomic E-state index is 0. The van der Waals surface area contributed by atoms with Crippen molar-refractivity contribution in [1.82, 2.24) is 0 Å². The zero-order valence-corrected chi connectivity index (χ0v) is 7.18. The summed E-state index contributed by atoms with van der Waals surface area (Å²) < 4.78 is 0. The van der Waals surface area contributed by atoms with Gasteiger partial charge in [0.25, 0.3) is 0 Å². The molecule has 0 nitrogen and oxygen atoms in total. The van der Waals surface area contributed by atoms with Crippen LogP contribution in [-0.2, 0) is 16.5 Å². The molecular weight excluding hydrogens is 167 g/mol. The SMILES string of the molecule is C=C[CH2-].[CH3-].[Ni+3].c1cc[cH-]c1. The quantitative estimate of drug-likeness (QED) is 0.425. The third-order valence-electron chi connectivity index (χ3n) is 0.556. The van der Waals surface area contributed by atoms with Gasteiger partial charge in [-0.3, -0.25) is 0 Å². The summed E-state index contributed by atoms with van der Waals surface area (Å²) in [5.74, 6) is 0. The van der Waals surface area contributed by atoms with Gasteiger partial charge in [0.1, 0.15) is 0 Å². The van der Waals surface area contributed by atoms with Crippen molar-refractivity contribution in [3.8, 4) is 0 Å². The van der Waals surface area contributed by atoms with Crippen LogP contribution >= 0.6 is 0 Å². The normalized spacial score (nSPS) is 5.20. The van der Waals surface area contributed by atoms with Crippen molar-refractivity contribution < 1.29 is 16.5 Å². The van der Waals surface area contributed by atoms with Gasteiger partial charge in [0.05, 0.1) is 0 Å². The van der Waals surface area contributed by atoms with E-state index in [1.165, 1.54) is 6.08 Å². The predicted octanol–water partition coefficient (Wildman–Crippen LogP) is 2.86. The topological polar surface area (TPSA) is 0 Å². The maximum atomic E-state index is 3.25. The largest absolute Gasteiger partial charge is 3.00 e. The maximum absolute atomic E-state index is 3.25. The van der Waals surface area contributed by atoms with Crippen LogP contribution in [0.4, 0.5) is 0 Å². The van der Waals surface area contributed by atoms with Gasteiger partial charge < -0.3 is 7.43 Å². The molecule has 0 heterocycles. The van der Waals surface area contributed by atoms with E-state index < -0.39 is 0 Å². The van der Waals surface area contributed by atoms with Crippen molar-refractivity contribution in [2.45, 2.75) is 0 Å². The molecule has 10 heavy (non-hydrogen) atoms. The minimum Gasteiger partial charge on any atom is -0.358 e. The molecule has 59 valence electrons. The van der Waals surface area contributed by atoms with E-state index in [1.54, 1.807) is 0 Å². The monoisotopic (exact) mass is 179 g/mol. The Hall–Kier alpha value is -0.546. The van der Waals surface area contributed by atoms with Crippen molar-refractivity contribution in [2.24, 2.45) is 0 Å². The molecule has 0 aliphatic rings. The molecule has 1 radical (unpaired) electrons. The van der Waals surface area contributed by atoms with Crippen LogP contribution in [0.3, 0.4) is 0 Å². The predicted molar refractivity (Wildman–Crippen MR) is 44.0 cm³/mol. The first-order valence-corrected chi connectivity index (χ1v) is 2.48. The molecule has 0 bridgehead atoms. The fraction of sp³-hybridized carbons (Fsp3) is 0. The molecule has 0 saturated carbocycles. The Labute approximate surface area is 74.2 Å². The van der Waals surface area contributed by atoms with Crippen LogP contribution in [-0.4, -0.2) is 0 Å². The van der Waals surface area contributed by atoms with E-state index in [0.29, 0.717) is 0 Å². The molecule has 0 aliphatic heterocycles. The Kier molecular flexibility index (Phi) is 25.6. The first-order valence-electron chi connectivity index (χ1n) is 2.48. The van der Waals surface area contributed by atoms with E-state index in [-0.39, 0.29) is 23.9 Å². The van der Waals surface area contributed by atoms with Crippen molar-refractivity contribution in [1.29, 1.82) is 0 Å². The standard InChI is InChI=1S/C5H5.C3H5.CH3.Ni/c1-2-4-5-3-1;1-3-2;;/h1-5H;3H,1-2H2;1H3;/q3*-1;+3. The zero-order valence-electron chi connectivity index (χ0n) is 6.19. The molecule has 0 saturated heterocycles. The van der Waals surface area contributed by atoms with Gasteiger partial charge in [0, 0.05) is 0 Å². The molecule has 0 fully saturated rings. The number of allylic oxidation sites excluding steroid dienone is 1. The Morgan fingerprint density at radius 2 is 1.60 bits per heavy atom. The van der Waals surface area contributed by atoms with Crippen LogP contribution in [0.5, 0.6) is 0 Å². The fourth-order valence-corrected chi connectivity index (χ4v) is 0.321. The van der Waals surface area contributed by atoms with Crippen molar-refractivity contribution in [2.75, 3.05) is 0 Å². The summed E-state index contributed by atoms with van der Waals surface area (Å²) in [5.41, 5.74) is 0. The smallest absolute Gasteiger partial charge is 0.358 e. The van der Waals surface area contributed by atoms with Crippen LogP contribution in [0.1, 0.15) is 0 Å². The van der Waals surface area contributed by atoms with E-state index in [9.17, 15) is 0 Å². The average molecular weight is 180 g/mol. The number of hydrogen-bond acceptors (Lipinski definition) is 0. The van der Waals surface area contributed by atoms with Gasteiger partial charge in [-0.25, -0.2) is 31.7 Å². The van der Waals surface area contributed by atoms with Crippen molar-refractivity contribution >= 4 is 0 Å². The summed E-state index contributed by atoms with van der Waals surface area (Å²) in [7, 11) is 0. The molecule has 0 aromatic heterocycles. The Balaban J connectivity index is -0.0000000900. The van der Waals surface area contributed by atoms with Gasteiger partial charge in [-0.1, -0.05) is 0 Å². The molecule has 0 atom stereocenters. The molecule has 0 spiro atoms.